The van der Waals surface area contributed by atoms with Crippen LogP contribution in [0.5, 0.6) is 0 Å². The van der Waals surface area contributed by atoms with Gasteiger partial charge in [-0.2, -0.15) is 0 Å². The quantitative estimate of drug-likeness (QED) is 0.0146. The van der Waals surface area contributed by atoms with Gasteiger partial charge in [0, 0.05) is 19.3 Å². The maximum atomic E-state index is 12.9. The van der Waals surface area contributed by atoms with Gasteiger partial charge in [-0.05, 0) is 96.3 Å². The summed E-state index contributed by atoms with van der Waals surface area (Å²) in [5, 5.41) is 20.6. The molecule has 0 fully saturated rings. The Kier molecular flexibility index (Phi) is 63.9. The Morgan fingerprint density at radius 1 is 0.319 bits per heavy atom. The first-order valence-electron chi connectivity index (χ1n) is 35.5. The Bertz CT molecular complexity index is 2050. The zero-order chi connectivity index (χ0) is 66.7. The maximum absolute atomic E-state index is 12.9. The number of allylic oxidation sites excluding steroid dienone is 16. The second-order valence-corrected chi connectivity index (χ2v) is 26.5. The van der Waals surface area contributed by atoms with E-state index in [1.807, 2.05) is 0 Å². The third-order valence-corrected chi connectivity index (χ3v) is 16.7. The highest BCUT2D eigenvalue weighted by Crippen LogP contribution is 2.45. The number of hydrogen-bond donors (Lipinski definition) is 4. The van der Waals surface area contributed by atoms with Gasteiger partial charge in [-0.1, -0.05) is 272 Å². The highest BCUT2D eigenvalue weighted by atomic mass is 31.2. The molecule has 91 heavy (non-hydrogen) atoms. The minimum absolute atomic E-state index is 0.105. The molecule has 0 saturated carbocycles. The van der Waals surface area contributed by atoms with Crippen molar-refractivity contribution in [3.8, 4) is 0 Å². The van der Waals surface area contributed by atoms with E-state index in [0.717, 1.165) is 148 Å². The number of phosphoric acid groups is 2. The number of esters is 3. The van der Waals surface area contributed by atoms with E-state index in [-0.39, 0.29) is 19.3 Å². The number of phosphoric ester groups is 2. The van der Waals surface area contributed by atoms with Crippen molar-refractivity contribution >= 4 is 33.6 Å². The van der Waals surface area contributed by atoms with E-state index in [1.54, 1.807) is 0 Å². The number of ether oxygens (including phenoxy) is 3. The Morgan fingerprint density at radius 3 is 0.923 bits per heavy atom. The molecule has 0 saturated heterocycles. The molecule has 5 atom stereocenters. The summed E-state index contributed by atoms with van der Waals surface area (Å²) in [6.07, 6.45) is 73.3. The van der Waals surface area contributed by atoms with Gasteiger partial charge in [0.15, 0.2) is 6.10 Å². The van der Waals surface area contributed by atoms with Gasteiger partial charge >= 0.3 is 33.6 Å². The van der Waals surface area contributed by atoms with E-state index in [4.69, 9.17) is 32.3 Å². The van der Waals surface area contributed by atoms with Crippen molar-refractivity contribution < 1.29 is 75.8 Å². The minimum Gasteiger partial charge on any atom is -0.463 e. The molecule has 526 valence electrons. The second-order valence-electron chi connectivity index (χ2n) is 23.6. The number of aliphatic hydroxyl groups is 2. The van der Waals surface area contributed by atoms with Crippen LogP contribution in [0.4, 0.5) is 0 Å². The minimum atomic E-state index is -4.92. The fraction of sp³-hybridized carbons (Fsp3) is 0.740. The van der Waals surface area contributed by atoms with Crippen LogP contribution in [0, 0.1) is 0 Å². The number of hydrogen-bond acceptors (Lipinski definition) is 14. The highest BCUT2D eigenvalue weighted by molar-refractivity contribution is 7.47. The van der Waals surface area contributed by atoms with Crippen LogP contribution in [0.15, 0.2) is 97.2 Å². The van der Waals surface area contributed by atoms with Crippen LogP contribution in [0.1, 0.15) is 290 Å². The molecule has 0 radical (unpaired) electrons. The molecule has 16 nitrogen and oxygen atoms in total. The summed E-state index contributed by atoms with van der Waals surface area (Å²) in [5.41, 5.74) is 0. The van der Waals surface area contributed by atoms with E-state index in [0.29, 0.717) is 19.3 Å². The lowest BCUT2D eigenvalue weighted by Crippen LogP contribution is -2.30. The van der Waals surface area contributed by atoms with Gasteiger partial charge in [0.05, 0.1) is 26.4 Å². The van der Waals surface area contributed by atoms with Crippen LogP contribution in [0.25, 0.3) is 0 Å². The predicted octanol–water partition coefficient (Wildman–Crippen LogP) is 19.9. The van der Waals surface area contributed by atoms with Gasteiger partial charge in [-0.15, -0.1) is 0 Å². The van der Waals surface area contributed by atoms with Gasteiger partial charge in [0.1, 0.15) is 25.4 Å². The average molecular weight is 1320 g/mol. The van der Waals surface area contributed by atoms with Crippen molar-refractivity contribution in [2.24, 2.45) is 0 Å². The zero-order valence-electron chi connectivity index (χ0n) is 57.0. The molecule has 0 spiro atoms. The second kappa shape index (κ2) is 66.5. The summed E-state index contributed by atoms with van der Waals surface area (Å²) in [7, 11) is -9.77. The van der Waals surface area contributed by atoms with Crippen LogP contribution in [-0.2, 0) is 55.8 Å². The molecular weight excluding hydrogens is 1190 g/mol. The number of aliphatic hydroxyl groups excluding tert-OH is 2. The third kappa shape index (κ3) is 67.7. The molecule has 5 unspecified atom stereocenters. The Hall–Kier alpha value is -3.53. The van der Waals surface area contributed by atoms with Crippen LogP contribution in [0.3, 0.4) is 0 Å². The molecule has 0 aliphatic carbocycles. The largest absolute Gasteiger partial charge is 0.472 e. The number of unbranched alkanes of at least 4 members (excludes halogenated alkanes) is 28. The van der Waals surface area contributed by atoms with E-state index in [1.165, 1.54) is 83.5 Å². The van der Waals surface area contributed by atoms with Crippen molar-refractivity contribution in [3.05, 3.63) is 97.2 Å². The summed E-state index contributed by atoms with van der Waals surface area (Å²) in [6, 6.07) is 0. The molecule has 0 aromatic carbocycles. The van der Waals surface area contributed by atoms with Crippen molar-refractivity contribution in [2.45, 2.75) is 309 Å². The lowest BCUT2D eigenvalue weighted by molar-refractivity contribution is -0.161. The van der Waals surface area contributed by atoms with E-state index >= 15 is 0 Å². The summed E-state index contributed by atoms with van der Waals surface area (Å²) in [4.78, 5) is 58.3. The molecule has 18 heteroatoms. The smallest absolute Gasteiger partial charge is 0.463 e. The lowest BCUT2D eigenvalue weighted by Gasteiger charge is -2.21. The van der Waals surface area contributed by atoms with Gasteiger partial charge in [-0.25, -0.2) is 9.13 Å². The fourth-order valence-corrected chi connectivity index (χ4v) is 11.0. The SMILES string of the molecule is CC/C=C\C/C=C\C/C=C\C/C=C\C/C=C\CCCCCCCCCCCCCC(=O)OCC(O)COP(=O)(O)OCC(O)COP(=O)(O)OCC(COC(=O)CCCCCCCCC/C=C\C/C=C\C/C=C\CC)OC(=O)CCCCCCCCCCCCC. The monoisotopic (exact) mass is 1320 g/mol. The Balaban J connectivity index is 4.46. The Labute approximate surface area is 552 Å². The van der Waals surface area contributed by atoms with Crippen LogP contribution in [-0.4, -0.2) is 95.9 Å². The summed E-state index contributed by atoms with van der Waals surface area (Å²) in [6.45, 7) is 2.44. The standard InChI is InChI=1S/C73H128O16P2/c1-4-7-10-13-16-19-22-24-26-28-29-30-31-32-33-34-35-36-37-39-41-42-45-47-50-53-56-59-71(76)83-62-68(74)63-85-90(79,80)86-64-69(75)65-87-91(81,82)88-67-70(89-73(78)61-58-55-52-49-44-21-18-15-12-9-6-3)66-84-72(77)60-57-54-51-48-46-43-40-38-27-25-23-20-17-14-11-8-5-2/h7-8,10-11,16-17,19-20,24-27,29-30,32-33,68-70,74-75H,4-6,9,12-15,18,21-23,28,31,34-67H2,1-3H3,(H,79,80)(H,81,82)/b10-7-,11-8-,19-16-,20-17-,26-24-,27-25-,30-29-,33-32-. The topological polar surface area (TPSA) is 231 Å². The van der Waals surface area contributed by atoms with E-state index in [9.17, 15) is 43.5 Å². The number of carbonyl (C=O) groups is 3. The lowest BCUT2D eigenvalue weighted by atomic mass is 10.0. The van der Waals surface area contributed by atoms with Crippen LogP contribution in [0.2, 0.25) is 0 Å². The molecule has 0 amide bonds. The normalized spacial score (nSPS) is 14.8. The van der Waals surface area contributed by atoms with E-state index in [2.05, 4.69) is 118 Å². The molecule has 0 aliphatic heterocycles. The average Bonchev–Trinajstić information content (AvgIpc) is 3.69. The van der Waals surface area contributed by atoms with E-state index < -0.39 is 91.5 Å². The number of carbonyl (C=O) groups excluding carboxylic acids is 3. The maximum Gasteiger partial charge on any atom is 0.472 e. The van der Waals surface area contributed by atoms with Gasteiger partial charge < -0.3 is 34.2 Å². The van der Waals surface area contributed by atoms with Crippen molar-refractivity contribution in [1.29, 1.82) is 0 Å². The van der Waals surface area contributed by atoms with Gasteiger partial charge in [0.2, 0.25) is 0 Å². The van der Waals surface area contributed by atoms with Crippen molar-refractivity contribution in [1.82, 2.24) is 0 Å². The molecule has 0 bridgehead atoms. The van der Waals surface area contributed by atoms with Crippen molar-refractivity contribution in [2.75, 3.05) is 39.6 Å². The summed E-state index contributed by atoms with van der Waals surface area (Å²) in [5.74, 6) is -1.58. The fourth-order valence-electron chi connectivity index (χ4n) is 9.44. The first kappa shape index (κ1) is 87.5. The summed E-state index contributed by atoms with van der Waals surface area (Å²) < 4.78 is 60.9. The zero-order valence-corrected chi connectivity index (χ0v) is 58.8. The molecule has 4 N–H and O–H groups in total. The molecular formula is C73H128O16P2. The van der Waals surface area contributed by atoms with Gasteiger partial charge in [0.25, 0.3) is 0 Å². The van der Waals surface area contributed by atoms with Gasteiger partial charge in [-0.3, -0.25) is 32.5 Å². The van der Waals surface area contributed by atoms with Crippen molar-refractivity contribution in [3.63, 3.8) is 0 Å². The molecule has 0 heterocycles. The first-order chi connectivity index (χ1) is 44.2. The highest BCUT2D eigenvalue weighted by Gasteiger charge is 2.29. The molecule has 0 aliphatic rings. The number of rotatable bonds is 67. The predicted molar refractivity (Wildman–Crippen MR) is 371 cm³/mol. The Morgan fingerprint density at radius 2 is 0.582 bits per heavy atom. The summed E-state index contributed by atoms with van der Waals surface area (Å²) >= 11 is 0. The third-order valence-electron chi connectivity index (χ3n) is 14.8. The molecule has 0 rings (SSSR count). The molecule has 0 aromatic rings. The first-order valence-corrected chi connectivity index (χ1v) is 38.5. The van der Waals surface area contributed by atoms with Crippen LogP contribution < -0.4 is 0 Å². The molecule has 0 aromatic heterocycles. The van der Waals surface area contributed by atoms with Crippen LogP contribution >= 0.6 is 15.6 Å².